The molecule has 1 aliphatic rings. The SMILES string of the molecule is CC(=O)c1cccc(OCCN2C[C@H](C)C[C@H](C)C2)c1. The normalized spacial score (nSPS) is 23.6. The highest BCUT2D eigenvalue weighted by Gasteiger charge is 2.21. The highest BCUT2D eigenvalue weighted by atomic mass is 16.5. The molecule has 0 aliphatic carbocycles. The van der Waals surface area contributed by atoms with Crippen molar-refractivity contribution in [3.05, 3.63) is 29.8 Å². The van der Waals surface area contributed by atoms with Crippen LogP contribution in [0.5, 0.6) is 5.75 Å². The maximum atomic E-state index is 11.3. The summed E-state index contributed by atoms with van der Waals surface area (Å²) in [4.78, 5) is 13.8. The molecule has 1 heterocycles. The van der Waals surface area contributed by atoms with Gasteiger partial charge in [0, 0.05) is 25.2 Å². The van der Waals surface area contributed by atoms with Crippen LogP contribution in [-0.4, -0.2) is 36.9 Å². The first-order valence-corrected chi connectivity index (χ1v) is 7.50. The molecule has 3 nitrogen and oxygen atoms in total. The van der Waals surface area contributed by atoms with Crippen molar-refractivity contribution in [2.45, 2.75) is 27.2 Å². The second-order valence-corrected chi connectivity index (χ2v) is 6.14. The number of carbonyl (C=O) groups excluding carboxylic acids is 1. The van der Waals surface area contributed by atoms with E-state index < -0.39 is 0 Å². The molecule has 0 amide bonds. The van der Waals surface area contributed by atoms with E-state index in [1.807, 2.05) is 24.3 Å². The molecule has 0 aromatic heterocycles. The number of Topliss-reactive ketones (excluding diaryl/α,β-unsaturated/α-hetero) is 1. The van der Waals surface area contributed by atoms with E-state index in [-0.39, 0.29) is 5.78 Å². The number of ketones is 1. The maximum Gasteiger partial charge on any atom is 0.159 e. The summed E-state index contributed by atoms with van der Waals surface area (Å²) in [5.41, 5.74) is 0.711. The van der Waals surface area contributed by atoms with Gasteiger partial charge in [-0.1, -0.05) is 26.0 Å². The van der Waals surface area contributed by atoms with Gasteiger partial charge in [0.25, 0.3) is 0 Å². The standard InChI is InChI=1S/C17H25NO2/c1-13-9-14(2)12-18(11-13)7-8-20-17-6-4-5-16(10-17)15(3)19/h4-6,10,13-14H,7-9,11-12H2,1-3H3/t13-,14+. The number of carbonyl (C=O) groups is 1. The van der Waals surface area contributed by atoms with E-state index in [2.05, 4.69) is 18.7 Å². The first kappa shape index (κ1) is 15.0. The predicted molar refractivity (Wildman–Crippen MR) is 81.3 cm³/mol. The lowest BCUT2D eigenvalue weighted by Crippen LogP contribution is -2.40. The molecular formula is C17H25NO2. The molecule has 0 radical (unpaired) electrons. The lowest BCUT2D eigenvalue weighted by molar-refractivity contribution is 0.101. The summed E-state index contributed by atoms with van der Waals surface area (Å²) < 4.78 is 5.78. The van der Waals surface area contributed by atoms with Crippen molar-refractivity contribution in [2.24, 2.45) is 11.8 Å². The molecular weight excluding hydrogens is 250 g/mol. The van der Waals surface area contributed by atoms with Gasteiger partial charge >= 0.3 is 0 Å². The van der Waals surface area contributed by atoms with Crippen LogP contribution in [0.15, 0.2) is 24.3 Å². The molecule has 0 saturated carbocycles. The van der Waals surface area contributed by atoms with E-state index in [1.165, 1.54) is 19.5 Å². The zero-order chi connectivity index (χ0) is 14.5. The second-order valence-electron chi connectivity index (χ2n) is 6.14. The average Bonchev–Trinajstić information content (AvgIpc) is 2.38. The van der Waals surface area contributed by atoms with Gasteiger partial charge in [-0.05, 0) is 37.3 Å². The summed E-state index contributed by atoms with van der Waals surface area (Å²) in [6, 6.07) is 7.43. The van der Waals surface area contributed by atoms with Crippen LogP contribution in [0.3, 0.4) is 0 Å². The first-order valence-electron chi connectivity index (χ1n) is 7.50. The summed E-state index contributed by atoms with van der Waals surface area (Å²) in [5, 5.41) is 0. The number of benzene rings is 1. The molecule has 0 bridgehead atoms. The predicted octanol–water partition coefficient (Wildman–Crippen LogP) is 3.25. The molecule has 20 heavy (non-hydrogen) atoms. The summed E-state index contributed by atoms with van der Waals surface area (Å²) in [6.07, 6.45) is 1.33. The monoisotopic (exact) mass is 275 g/mol. The minimum absolute atomic E-state index is 0.0779. The summed E-state index contributed by atoms with van der Waals surface area (Å²) in [7, 11) is 0. The van der Waals surface area contributed by atoms with Gasteiger partial charge in [0.2, 0.25) is 0 Å². The number of piperidine rings is 1. The Kier molecular flexibility index (Phi) is 5.18. The van der Waals surface area contributed by atoms with Crippen molar-refractivity contribution in [1.29, 1.82) is 0 Å². The average molecular weight is 275 g/mol. The number of ether oxygens (including phenoxy) is 1. The third-order valence-corrected chi connectivity index (χ3v) is 3.86. The molecule has 1 fully saturated rings. The van der Waals surface area contributed by atoms with E-state index >= 15 is 0 Å². The van der Waals surface area contributed by atoms with Crippen LogP contribution in [0, 0.1) is 11.8 Å². The number of likely N-dealkylation sites (tertiary alicyclic amines) is 1. The van der Waals surface area contributed by atoms with Gasteiger partial charge in [0.15, 0.2) is 5.78 Å². The van der Waals surface area contributed by atoms with Gasteiger partial charge in [0.1, 0.15) is 12.4 Å². The number of nitrogens with zero attached hydrogens (tertiary/aromatic N) is 1. The molecule has 2 atom stereocenters. The number of hydrogen-bond donors (Lipinski definition) is 0. The van der Waals surface area contributed by atoms with Gasteiger partial charge in [-0.2, -0.15) is 0 Å². The molecule has 1 saturated heterocycles. The van der Waals surface area contributed by atoms with Crippen molar-refractivity contribution in [3.8, 4) is 5.75 Å². The largest absolute Gasteiger partial charge is 0.492 e. The summed E-state index contributed by atoms with van der Waals surface area (Å²) in [5.74, 6) is 2.42. The highest BCUT2D eigenvalue weighted by molar-refractivity contribution is 5.94. The highest BCUT2D eigenvalue weighted by Crippen LogP contribution is 2.20. The Bertz CT molecular complexity index is 448. The Morgan fingerprint density at radius 2 is 2.00 bits per heavy atom. The van der Waals surface area contributed by atoms with E-state index in [0.29, 0.717) is 12.2 Å². The molecule has 0 spiro atoms. The Balaban J connectivity index is 1.81. The van der Waals surface area contributed by atoms with Crippen LogP contribution >= 0.6 is 0 Å². The smallest absolute Gasteiger partial charge is 0.159 e. The lowest BCUT2D eigenvalue weighted by Gasteiger charge is -2.34. The molecule has 1 aromatic rings. The van der Waals surface area contributed by atoms with Crippen LogP contribution in [0.2, 0.25) is 0 Å². The summed E-state index contributed by atoms with van der Waals surface area (Å²) >= 11 is 0. The van der Waals surface area contributed by atoms with Crippen LogP contribution in [0.25, 0.3) is 0 Å². The Morgan fingerprint density at radius 3 is 2.65 bits per heavy atom. The van der Waals surface area contributed by atoms with Crippen LogP contribution < -0.4 is 4.74 Å². The van der Waals surface area contributed by atoms with Gasteiger partial charge in [0.05, 0.1) is 0 Å². The van der Waals surface area contributed by atoms with Gasteiger partial charge in [-0.25, -0.2) is 0 Å². The minimum Gasteiger partial charge on any atom is -0.492 e. The van der Waals surface area contributed by atoms with Crippen molar-refractivity contribution in [1.82, 2.24) is 4.90 Å². The molecule has 2 rings (SSSR count). The van der Waals surface area contributed by atoms with Crippen molar-refractivity contribution < 1.29 is 9.53 Å². The zero-order valence-corrected chi connectivity index (χ0v) is 12.8. The molecule has 1 aliphatic heterocycles. The van der Waals surface area contributed by atoms with Gasteiger partial charge in [-0.15, -0.1) is 0 Å². The van der Waals surface area contributed by atoms with E-state index in [1.54, 1.807) is 6.92 Å². The molecule has 1 aromatic carbocycles. The fourth-order valence-corrected chi connectivity index (χ4v) is 3.07. The second kappa shape index (κ2) is 6.89. The molecule has 0 N–H and O–H groups in total. The topological polar surface area (TPSA) is 29.5 Å². The van der Waals surface area contributed by atoms with Crippen LogP contribution in [0.1, 0.15) is 37.6 Å². The van der Waals surface area contributed by atoms with Gasteiger partial charge < -0.3 is 4.74 Å². The fraction of sp³-hybridized carbons (Fsp3) is 0.588. The number of rotatable bonds is 5. The van der Waals surface area contributed by atoms with Crippen molar-refractivity contribution in [3.63, 3.8) is 0 Å². The summed E-state index contributed by atoms with van der Waals surface area (Å²) in [6.45, 7) is 10.2. The Hall–Kier alpha value is -1.35. The quantitative estimate of drug-likeness (QED) is 0.773. The Labute approximate surface area is 121 Å². The Morgan fingerprint density at radius 1 is 1.30 bits per heavy atom. The van der Waals surface area contributed by atoms with Gasteiger partial charge in [-0.3, -0.25) is 9.69 Å². The lowest BCUT2D eigenvalue weighted by atomic mass is 9.92. The van der Waals surface area contributed by atoms with E-state index in [9.17, 15) is 4.79 Å². The fourth-order valence-electron chi connectivity index (χ4n) is 3.07. The molecule has 0 unspecified atom stereocenters. The maximum absolute atomic E-state index is 11.3. The number of hydrogen-bond acceptors (Lipinski definition) is 3. The van der Waals surface area contributed by atoms with E-state index in [4.69, 9.17) is 4.74 Å². The third-order valence-electron chi connectivity index (χ3n) is 3.86. The minimum atomic E-state index is 0.0779. The third kappa shape index (κ3) is 4.34. The van der Waals surface area contributed by atoms with Crippen molar-refractivity contribution in [2.75, 3.05) is 26.2 Å². The molecule has 110 valence electrons. The van der Waals surface area contributed by atoms with Crippen molar-refractivity contribution >= 4 is 5.78 Å². The first-order chi connectivity index (χ1) is 9.54. The zero-order valence-electron chi connectivity index (χ0n) is 12.8. The van der Waals surface area contributed by atoms with E-state index in [0.717, 1.165) is 24.1 Å². The van der Waals surface area contributed by atoms with Crippen LogP contribution in [-0.2, 0) is 0 Å². The van der Waals surface area contributed by atoms with Crippen LogP contribution in [0.4, 0.5) is 0 Å². The molecule has 3 heteroatoms.